The number of nitrogens with zero attached hydrogens (tertiary/aromatic N) is 1. The molecule has 4 aromatic rings. The third kappa shape index (κ3) is 6.06. The fraction of sp³-hybridized carbons (Fsp3) is 0.353. The molecule has 236 valence electrons. The lowest BCUT2D eigenvalue weighted by atomic mass is 9.92. The number of aryl methyl sites for hydroxylation is 2. The van der Waals surface area contributed by atoms with Gasteiger partial charge in [0, 0.05) is 17.7 Å². The normalized spacial score (nSPS) is 25.9. The van der Waals surface area contributed by atoms with Gasteiger partial charge in [-0.15, -0.1) is 0 Å². The molecule has 2 bridgehead atoms. The monoisotopic (exact) mass is 632 g/mol. The Morgan fingerprint density at radius 3 is 2.13 bits per heavy atom. The minimum Gasteiger partial charge on any atom is -0.374 e. The van der Waals surface area contributed by atoms with E-state index in [1.54, 1.807) is 19.1 Å². The molecule has 1 aliphatic carbocycles. The maximum absolute atomic E-state index is 13.7. The summed E-state index contributed by atoms with van der Waals surface area (Å²) in [7, 11) is -4.23. The van der Waals surface area contributed by atoms with E-state index in [-0.39, 0.29) is 24.7 Å². The van der Waals surface area contributed by atoms with Gasteiger partial charge in [-0.25, -0.2) is 4.79 Å². The molecule has 0 unspecified atom stereocenters. The zero-order chi connectivity index (χ0) is 31.8. The lowest BCUT2D eigenvalue weighted by Gasteiger charge is -2.40. The summed E-state index contributed by atoms with van der Waals surface area (Å²) in [4.78, 5) is 27.7. The van der Waals surface area contributed by atoms with Gasteiger partial charge < -0.3 is 14.2 Å². The van der Waals surface area contributed by atoms with Crippen LogP contribution in [0.3, 0.4) is 0 Å². The third-order valence-electron chi connectivity index (χ3n) is 8.74. The smallest absolute Gasteiger partial charge is 0.330 e. The summed E-state index contributed by atoms with van der Waals surface area (Å²) in [6.07, 6.45) is -1.16. The van der Waals surface area contributed by atoms with Gasteiger partial charge in [0.2, 0.25) is 0 Å². The minimum atomic E-state index is -4.23. The molecule has 0 spiro atoms. The van der Waals surface area contributed by atoms with Crippen molar-refractivity contribution in [3.05, 3.63) is 134 Å². The number of nitrogens with one attached hydrogen (secondary N) is 1. The van der Waals surface area contributed by atoms with E-state index in [1.807, 2.05) is 74.5 Å². The highest BCUT2D eigenvalue weighted by Gasteiger charge is 2.71. The van der Waals surface area contributed by atoms with Crippen LogP contribution in [-0.2, 0) is 41.7 Å². The van der Waals surface area contributed by atoms with E-state index in [0.717, 1.165) is 16.7 Å². The van der Waals surface area contributed by atoms with Gasteiger partial charge in [-0.1, -0.05) is 85.3 Å². The first kappa shape index (κ1) is 31.1. The number of aromatic amines is 1. The molecule has 1 aromatic heterocycles. The van der Waals surface area contributed by atoms with E-state index in [9.17, 15) is 18.0 Å². The van der Waals surface area contributed by atoms with Gasteiger partial charge in [0.05, 0.1) is 30.8 Å². The molecule has 2 heterocycles. The number of rotatable bonds is 11. The molecule has 45 heavy (non-hydrogen) atoms. The number of aromatic nitrogens is 2. The number of hydrogen-bond donors (Lipinski definition) is 1. The van der Waals surface area contributed by atoms with Gasteiger partial charge in [0.1, 0.15) is 17.9 Å². The summed E-state index contributed by atoms with van der Waals surface area (Å²) in [6, 6.07) is 25.6. The Morgan fingerprint density at radius 2 is 1.49 bits per heavy atom. The highest BCUT2D eigenvalue weighted by Crippen LogP contribution is 2.58. The molecule has 6 atom stereocenters. The number of hydrogen-bond acceptors (Lipinski definition) is 8. The predicted molar refractivity (Wildman–Crippen MR) is 166 cm³/mol. The molecule has 1 saturated heterocycles. The molecule has 0 radical (unpaired) electrons. The molecular formula is C34H36N2O8S. The number of ether oxygens (including phenoxy) is 3. The van der Waals surface area contributed by atoms with Crippen molar-refractivity contribution in [2.24, 2.45) is 11.8 Å². The van der Waals surface area contributed by atoms with Crippen molar-refractivity contribution in [2.75, 3.05) is 6.61 Å². The highest BCUT2D eigenvalue weighted by atomic mass is 32.2. The second-order valence-electron chi connectivity index (χ2n) is 11.9. The lowest BCUT2D eigenvalue weighted by Crippen LogP contribution is -2.55. The summed E-state index contributed by atoms with van der Waals surface area (Å²) in [5.74, 6) is -1.00. The van der Waals surface area contributed by atoms with Crippen molar-refractivity contribution in [1.29, 1.82) is 0 Å². The first-order chi connectivity index (χ1) is 21.6. The number of benzene rings is 3. The van der Waals surface area contributed by atoms with E-state index in [2.05, 4.69) is 4.98 Å². The summed E-state index contributed by atoms with van der Waals surface area (Å²) >= 11 is 0. The SMILES string of the molecule is Cc1ccc(S(=O)(=O)O[C@H]2[C@@H](C)[C@H]3[C@H](n4cc(C)c(=O)[nH]c4=O)O[C@]2(COCc2ccccc2)[C@H]3OCc2ccccc2)cc1. The molecule has 3 aromatic carbocycles. The van der Waals surface area contributed by atoms with Crippen LogP contribution in [0.25, 0.3) is 0 Å². The molecule has 1 N–H and O–H groups in total. The van der Waals surface area contributed by atoms with Crippen LogP contribution in [0.1, 0.15) is 35.4 Å². The van der Waals surface area contributed by atoms with E-state index in [4.69, 9.17) is 18.4 Å². The zero-order valence-corrected chi connectivity index (χ0v) is 26.1. The Kier molecular flexibility index (Phi) is 8.64. The Bertz CT molecular complexity index is 1860. The summed E-state index contributed by atoms with van der Waals surface area (Å²) in [5, 5.41) is 0. The van der Waals surface area contributed by atoms with Gasteiger partial charge in [0.25, 0.3) is 15.7 Å². The largest absolute Gasteiger partial charge is 0.374 e. The van der Waals surface area contributed by atoms with Crippen LogP contribution in [0.15, 0.2) is 106 Å². The maximum Gasteiger partial charge on any atom is 0.330 e. The molecule has 6 rings (SSSR count). The van der Waals surface area contributed by atoms with Crippen LogP contribution in [-0.4, -0.2) is 42.4 Å². The van der Waals surface area contributed by atoms with E-state index >= 15 is 0 Å². The Hall–Kier alpha value is -3.87. The van der Waals surface area contributed by atoms with Crippen molar-refractivity contribution in [2.45, 2.75) is 62.9 Å². The van der Waals surface area contributed by atoms with Crippen LogP contribution in [0.5, 0.6) is 0 Å². The van der Waals surface area contributed by atoms with Crippen LogP contribution >= 0.6 is 0 Å². The zero-order valence-electron chi connectivity index (χ0n) is 25.3. The van der Waals surface area contributed by atoms with E-state index < -0.39 is 57.2 Å². The van der Waals surface area contributed by atoms with Gasteiger partial charge in [-0.2, -0.15) is 8.42 Å². The van der Waals surface area contributed by atoms with Crippen LogP contribution in [0, 0.1) is 25.7 Å². The van der Waals surface area contributed by atoms with Crippen molar-refractivity contribution in [3.63, 3.8) is 0 Å². The molecule has 1 saturated carbocycles. The fourth-order valence-corrected chi connectivity index (χ4v) is 7.65. The van der Waals surface area contributed by atoms with Gasteiger partial charge in [-0.05, 0) is 43.0 Å². The first-order valence-electron chi connectivity index (χ1n) is 14.9. The second-order valence-corrected chi connectivity index (χ2v) is 13.4. The maximum atomic E-state index is 13.7. The number of H-pyrrole nitrogens is 1. The summed E-state index contributed by atoms with van der Waals surface area (Å²) < 4.78 is 54.3. The molecule has 2 aliphatic rings. The topological polar surface area (TPSA) is 126 Å². The average Bonchev–Trinajstić information content (AvgIpc) is 3.45. The van der Waals surface area contributed by atoms with Gasteiger partial charge in [-0.3, -0.25) is 18.5 Å². The predicted octanol–water partition coefficient (Wildman–Crippen LogP) is 4.26. The quantitative estimate of drug-likeness (QED) is 0.243. The van der Waals surface area contributed by atoms with Gasteiger partial charge in [0.15, 0.2) is 0 Å². The number of fused-ring (bicyclic) bond motifs is 2. The molecule has 10 nitrogen and oxygen atoms in total. The van der Waals surface area contributed by atoms with Gasteiger partial charge >= 0.3 is 5.69 Å². The van der Waals surface area contributed by atoms with Crippen molar-refractivity contribution in [1.82, 2.24) is 9.55 Å². The van der Waals surface area contributed by atoms with Crippen LogP contribution < -0.4 is 11.2 Å². The van der Waals surface area contributed by atoms with Crippen molar-refractivity contribution >= 4 is 10.1 Å². The Labute approximate surface area is 261 Å². The minimum absolute atomic E-state index is 0.0224. The summed E-state index contributed by atoms with van der Waals surface area (Å²) in [5.41, 5.74) is 0.521. The molecule has 0 amide bonds. The first-order valence-corrected chi connectivity index (χ1v) is 16.3. The average molecular weight is 633 g/mol. The van der Waals surface area contributed by atoms with E-state index in [1.165, 1.54) is 22.9 Å². The second kappa shape index (κ2) is 12.5. The molecule has 2 fully saturated rings. The Morgan fingerprint density at radius 1 is 0.867 bits per heavy atom. The Balaban J connectivity index is 1.41. The van der Waals surface area contributed by atoms with Crippen LogP contribution in [0.2, 0.25) is 0 Å². The van der Waals surface area contributed by atoms with Crippen molar-refractivity contribution < 1.29 is 26.8 Å². The lowest BCUT2D eigenvalue weighted by molar-refractivity contribution is -0.210. The van der Waals surface area contributed by atoms with Crippen LogP contribution in [0.4, 0.5) is 0 Å². The van der Waals surface area contributed by atoms with E-state index in [0.29, 0.717) is 5.56 Å². The molecule has 1 aliphatic heterocycles. The highest BCUT2D eigenvalue weighted by molar-refractivity contribution is 7.86. The molecule has 11 heteroatoms. The third-order valence-corrected chi connectivity index (χ3v) is 10.0. The van der Waals surface area contributed by atoms with Crippen molar-refractivity contribution in [3.8, 4) is 0 Å². The fourth-order valence-electron chi connectivity index (χ4n) is 6.45. The summed E-state index contributed by atoms with van der Waals surface area (Å²) in [6.45, 7) is 5.71. The standard InChI is InChI=1S/C34H36N2O8S/c1-22-14-16-27(17-15-22)45(39,40)44-29-24(3)28-30(42-20-26-12-8-5-9-13-26)34(29,21-41-19-25-10-6-4-7-11-25)43-32(28)36-18-23(2)31(37)35-33(36)38/h4-18,24,28-30,32H,19-21H2,1-3H3,(H,35,37,38)/t24-,28+,29-,30-,32+,34-/m0/s1. The molecular weight excluding hydrogens is 596 g/mol.